The van der Waals surface area contributed by atoms with Gasteiger partial charge in [0.25, 0.3) is 16.0 Å². The molecule has 0 aliphatic carbocycles. The third-order valence-electron chi connectivity index (χ3n) is 4.94. The minimum Gasteiger partial charge on any atom is -0.292 e. The Kier molecular flexibility index (Phi) is 7.58. The van der Waals surface area contributed by atoms with Gasteiger partial charge in [-0.15, -0.1) is 11.8 Å². The molecule has 0 atom stereocenters. The molecule has 1 N–H and O–H groups in total. The van der Waals surface area contributed by atoms with Gasteiger partial charge in [-0.05, 0) is 36.1 Å². The quantitative estimate of drug-likeness (QED) is 0.193. The highest BCUT2D eigenvalue weighted by Crippen LogP contribution is 2.35. The van der Waals surface area contributed by atoms with Crippen molar-refractivity contribution in [2.45, 2.75) is 11.8 Å². The molecule has 4 rings (SSSR count). The first-order valence-electron chi connectivity index (χ1n) is 10.3. The average Bonchev–Trinajstić information content (AvgIpc) is 3.34. The molecule has 1 aromatic heterocycles. The van der Waals surface area contributed by atoms with Crippen molar-refractivity contribution in [2.75, 3.05) is 18.1 Å². The molecule has 1 aliphatic heterocycles. The van der Waals surface area contributed by atoms with Crippen LogP contribution in [0.1, 0.15) is 12.5 Å². The largest absolute Gasteiger partial charge is 0.292 e. The van der Waals surface area contributed by atoms with Crippen LogP contribution in [0.15, 0.2) is 70.6 Å². The van der Waals surface area contributed by atoms with Crippen LogP contribution in [0, 0.1) is 0 Å². The summed E-state index contributed by atoms with van der Waals surface area (Å²) in [6, 6.07) is 17.8. The number of nitrogens with zero attached hydrogens (tertiary/aromatic N) is 3. The molecule has 0 radical (unpaired) electrons. The number of thioether (sulfide) groups is 2. The molecule has 0 spiro atoms. The minimum atomic E-state index is -4.21. The Morgan fingerprint density at radius 1 is 1.15 bits per heavy atom. The number of hydrogen-bond acceptors (Lipinski definition) is 7. The molecule has 2 heterocycles. The van der Waals surface area contributed by atoms with Crippen LogP contribution in [0.2, 0.25) is 0 Å². The fourth-order valence-electron chi connectivity index (χ4n) is 3.35. The lowest BCUT2D eigenvalue weighted by molar-refractivity contribution is -0.121. The van der Waals surface area contributed by atoms with Crippen molar-refractivity contribution in [3.63, 3.8) is 0 Å². The van der Waals surface area contributed by atoms with Gasteiger partial charge >= 0.3 is 0 Å². The second-order valence-corrected chi connectivity index (χ2v) is 11.9. The fourth-order valence-corrected chi connectivity index (χ4v) is 5.72. The maximum atomic E-state index is 12.9. The van der Waals surface area contributed by atoms with Crippen LogP contribution in [-0.4, -0.2) is 55.9 Å². The van der Waals surface area contributed by atoms with Crippen molar-refractivity contribution in [1.29, 1.82) is 0 Å². The zero-order chi connectivity index (χ0) is 24.3. The Hall–Kier alpha value is -2.44. The maximum absolute atomic E-state index is 12.9. The molecule has 34 heavy (non-hydrogen) atoms. The van der Waals surface area contributed by atoms with Crippen molar-refractivity contribution >= 4 is 62.2 Å². The number of rotatable bonds is 8. The van der Waals surface area contributed by atoms with E-state index in [9.17, 15) is 13.2 Å². The topological polar surface area (TPSA) is 92.5 Å². The number of thiocarbonyl (C=S) groups is 1. The van der Waals surface area contributed by atoms with E-state index in [0.29, 0.717) is 10.6 Å². The SMILES string of the molecule is CCSc1ccc(-c2nn(-c3ccccc3)cc2/C=C2/SC(=S)N(CCS(=O)(=O)O)C2=O)cc1. The second kappa shape index (κ2) is 10.4. The number of para-hydroxylation sites is 1. The molecule has 0 bridgehead atoms. The van der Waals surface area contributed by atoms with Gasteiger partial charge in [-0.2, -0.15) is 13.5 Å². The van der Waals surface area contributed by atoms with E-state index >= 15 is 0 Å². The van der Waals surface area contributed by atoms with Crippen LogP contribution in [0.4, 0.5) is 0 Å². The first kappa shape index (κ1) is 24.7. The summed E-state index contributed by atoms with van der Waals surface area (Å²) < 4.78 is 33.3. The normalized spacial score (nSPS) is 15.5. The minimum absolute atomic E-state index is 0.201. The summed E-state index contributed by atoms with van der Waals surface area (Å²) in [5, 5.41) is 4.79. The average molecular weight is 532 g/mol. The monoisotopic (exact) mass is 531 g/mol. The van der Waals surface area contributed by atoms with E-state index in [0.717, 1.165) is 39.2 Å². The lowest BCUT2D eigenvalue weighted by Gasteiger charge is -2.12. The van der Waals surface area contributed by atoms with Gasteiger partial charge in [-0.1, -0.05) is 61.2 Å². The first-order valence-corrected chi connectivity index (χ1v) is 14.2. The van der Waals surface area contributed by atoms with E-state index in [4.69, 9.17) is 21.9 Å². The Balaban J connectivity index is 1.71. The smallest absolute Gasteiger partial charge is 0.266 e. The van der Waals surface area contributed by atoms with E-state index in [1.54, 1.807) is 22.5 Å². The molecule has 0 saturated carbocycles. The number of carbonyl (C=O) groups excluding carboxylic acids is 1. The molecule has 1 fully saturated rings. The van der Waals surface area contributed by atoms with E-state index in [1.807, 2.05) is 60.8 Å². The van der Waals surface area contributed by atoms with E-state index < -0.39 is 21.8 Å². The molecule has 0 unspecified atom stereocenters. The maximum Gasteiger partial charge on any atom is 0.266 e. The molecule has 1 amide bonds. The van der Waals surface area contributed by atoms with Gasteiger partial charge in [0.1, 0.15) is 4.32 Å². The predicted octanol–water partition coefficient (Wildman–Crippen LogP) is 4.74. The fraction of sp³-hybridized carbons (Fsp3) is 0.174. The number of amides is 1. The standard InChI is InChI=1S/C23H21N3O4S4/c1-2-32-19-10-8-16(9-11-19)21-17(15-26(24-21)18-6-4-3-5-7-18)14-20-22(27)25(23(31)33-20)12-13-34(28,29)30/h3-11,14-15H,2,12-13H2,1H3,(H,28,29,30)/b20-14+. The number of carbonyl (C=O) groups is 1. The van der Waals surface area contributed by atoms with Crippen molar-refractivity contribution in [2.24, 2.45) is 0 Å². The predicted molar refractivity (Wildman–Crippen MR) is 142 cm³/mol. The van der Waals surface area contributed by atoms with Gasteiger partial charge in [0.2, 0.25) is 0 Å². The summed E-state index contributed by atoms with van der Waals surface area (Å²) in [4.78, 5) is 15.6. The Labute approximate surface area is 212 Å². The van der Waals surface area contributed by atoms with E-state index in [2.05, 4.69) is 6.92 Å². The van der Waals surface area contributed by atoms with Crippen LogP contribution in [0.3, 0.4) is 0 Å². The van der Waals surface area contributed by atoms with Crippen LogP contribution in [0.5, 0.6) is 0 Å². The van der Waals surface area contributed by atoms with Crippen LogP contribution in [-0.2, 0) is 14.9 Å². The molecule has 2 aromatic carbocycles. The van der Waals surface area contributed by atoms with Crippen molar-refractivity contribution in [3.05, 3.63) is 71.3 Å². The first-order chi connectivity index (χ1) is 16.2. The van der Waals surface area contributed by atoms with Crippen LogP contribution >= 0.6 is 35.7 Å². The van der Waals surface area contributed by atoms with Crippen LogP contribution < -0.4 is 0 Å². The lowest BCUT2D eigenvalue weighted by Crippen LogP contribution is -2.32. The van der Waals surface area contributed by atoms with Crippen molar-refractivity contribution < 1.29 is 17.8 Å². The van der Waals surface area contributed by atoms with Gasteiger partial charge in [0.05, 0.1) is 22.0 Å². The summed E-state index contributed by atoms with van der Waals surface area (Å²) >= 11 is 8.12. The van der Waals surface area contributed by atoms with Gasteiger partial charge in [-0.3, -0.25) is 14.2 Å². The second-order valence-electron chi connectivity index (χ2n) is 7.29. The Morgan fingerprint density at radius 3 is 2.50 bits per heavy atom. The number of aromatic nitrogens is 2. The lowest BCUT2D eigenvalue weighted by atomic mass is 10.1. The summed E-state index contributed by atoms with van der Waals surface area (Å²) in [7, 11) is -4.21. The third kappa shape index (κ3) is 5.78. The van der Waals surface area contributed by atoms with Gasteiger partial charge in [0, 0.05) is 28.8 Å². The molecule has 1 aliphatic rings. The highest BCUT2D eigenvalue weighted by Gasteiger charge is 2.33. The summed E-state index contributed by atoms with van der Waals surface area (Å²) in [5.41, 5.74) is 3.22. The van der Waals surface area contributed by atoms with Gasteiger partial charge < -0.3 is 0 Å². The highest BCUT2D eigenvalue weighted by atomic mass is 32.2. The number of hydrogen-bond donors (Lipinski definition) is 1. The molecular formula is C23H21N3O4S4. The number of benzene rings is 2. The molecule has 3 aromatic rings. The van der Waals surface area contributed by atoms with E-state index in [1.165, 1.54) is 4.90 Å². The highest BCUT2D eigenvalue weighted by molar-refractivity contribution is 8.26. The molecular weight excluding hydrogens is 511 g/mol. The molecule has 1 saturated heterocycles. The molecule has 11 heteroatoms. The van der Waals surface area contributed by atoms with Crippen molar-refractivity contribution in [1.82, 2.24) is 14.7 Å². The Bertz CT molecular complexity index is 1350. The van der Waals surface area contributed by atoms with E-state index in [-0.39, 0.29) is 10.9 Å². The van der Waals surface area contributed by atoms with Gasteiger partial charge in [-0.25, -0.2) is 4.68 Å². The zero-order valence-corrected chi connectivity index (χ0v) is 21.4. The zero-order valence-electron chi connectivity index (χ0n) is 18.1. The molecule has 176 valence electrons. The molecule has 7 nitrogen and oxygen atoms in total. The van der Waals surface area contributed by atoms with Gasteiger partial charge in [0.15, 0.2) is 0 Å². The van der Waals surface area contributed by atoms with Crippen LogP contribution in [0.25, 0.3) is 23.0 Å². The summed E-state index contributed by atoms with van der Waals surface area (Å²) in [5.74, 6) is 0.00495. The third-order valence-corrected chi connectivity index (χ3v) is 7.91. The summed E-state index contributed by atoms with van der Waals surface area (Å²) in [6.07, 6.45) is 3.58. The van der Waals surface area contributed by atoms with Crippen molar-refractivity contribution in [3.8, 4) is 16.9 Å². The Morgan fingerprint density at radius 2 is 1.85 bits per heavy atom. The summed E-state index contributed by atoms with van der Waals surface area (Å²) in [6.45, 7) is 1.90.